The van der Waals surface area contributed by atoms with Crippen LogP contribution in [0.2, 0.25) is 0 Å². The summed E-state index contributed by atoms with van der Waals surface area (Å²) in [6.45, 7) is 5.66. The van der Waals surface area contributed by atoms with E-state index >= 15 is 0 Å². The zero-order valence-electron chi connectivity index (χ0n) is 16.5. The number of fused-ring (bicyclic) bond motifs is 1. The van der Waals surface area contributed by atoms with Gasteiger partial charge in [-0.2, -0.15) is 0 Å². The molecule has 2 fully saturated rings. The van der Waals surface area contributed by atoms with Gasteiger partial charge in [-0.15, -0.1) is 0 Å². The van der Waals surface area contributed by atoms with Crippen LogP contribution in [0, 0.1) is 11.8 Å². The summed E-state index contributed by atoms with van der Waals surface area (Å²) >= 11 is 0. The Morgan fingerprint density at radius 1 is 1.07 bits per heavy atom. The minimum absolute atomic E-state index is 0.0452. The van der Waals surface area contributed by atoms with Crippen LogP contribution in [0.5, 0.6) is 0 Å². The Bertz CT molecular complexity index is 777. The molecule has 3 aliphatic rings. The molecule has 150 valence electrons. The molecule has 28 heavy (non-hydrogen) atoms. The van der Waals surface area contributed by atoms with E-state index in [-0.39, 0.29) is 17.7 Å². The maximum atomic E-state index is 13.0. The van der Waals surface area contributed by atoms with Crippen molar-refractivity contribution in [3.05, 3.63) is 34.9 Å². The average Bonchev–Trinajstić information content (AvgIpc) is 3.34. The van der Waals surface area contributed by atoms with E-state index in [1.54, 1.807) is 18.2 Å². The summed E-state index contributed by atoms with van der Waals surface area (Å²) in [6, 6.07) is 4.94. The lowest BCUT2D eigenvalue weighted by atomic mass is 9.84. The highest BCUT2D eigenvalue weighted by atomic mass is 16.5. The second kappa shape index (κ2) is 8.03. The quantitative estimate of drug-likeness (QED) is 0.732. The number of benzene rings is 1. The maximum absolute atomic E-state index is 13.0. The number of likely N-dealkylation sites (tertiary alicyclic amines) is 1. The van der Waals surface area contributed by atoms with Crippen LogP contribution >= 0.6 is 0 Å². The molecular weight excluding hydrogens is 356 g/mol. The van der Waals surface area contributed by atoms with Crippen molar-refractivity contribution in [2.24, 2.45) is 11.8 Å². The minimum atomic E-state index is -0.275. The topological polar surface area (TPSA) is 66.9 Å². The number of amides is 3. The average molecular weight is 384 g/mol. The van der Waals surface area contributed by atoms with Gasteiger partial charge in [0.15, 0.2) is 0 Å². The largest absolute Gasteiger partial charge is 0.381 e. The van der Waals surface area contributed by atoms with Crippen molar-refractivity contribution in [1.29, 1.82) is 0 Å². The number of rotatable bonds is 5. The van der Waals surface area contributed by atoms with Gasteiger partial charge < -0.3 is 9.64 Å². The molecule has 1 unspecified atom stereocenters. The van der Waals surface area contributed by atoms with Crippen LogP contribution in [-0.4, -0.2) is 60.4 Å². The second-order valence-electron chi connectivity index (χ2n) is 8.13. The molecule has 3 heterocycles. The SMILES string of the molecule is CCCCN1C(=O)c2ccc(C(=O)N3CCC(C4CCOC4)CC3)cc2C1=O. The maximum Gasteiger partial charge on any atom is 0.261 e. The fourth-order valence-electron chi connectivity index (χ4n) is 4.62. The van der Waals surface area contributed by atoms with Crippen molar-refractivity contribution in [2.75, 3.05) is 32.8 Å². The number of piperidine rings is 1. The lowest BCUT2D eigenvalue weighted by Crippen LogP contribution is -2.40. The van der Waals surface area contributed by atoms with Gasteiger partial charge in [-0.05, 0) is 55.7 Å². The number of imide groups is 1. The van der Waals surface area contributed by atoms with E-state index in [1.807, 2.05) is 11.8 Å². The van der Waals surface area contributed by atoms with Gasteiger partial charge in [-0.1, -0.05) is 13.3 Å². The molecule has 1 atom stereocenters. The third-order valence-corrected chi connectivity index (χ3v) is 6.41. The van der Waals surface area contributed by atoms with Crippen molar-refractivity contribution in [3.63, 3.8) is 0 Å². The first-order chi connectivity index (χ1) is 13.6. The van der Waals surface area contributed by atoms with Crippen LogP contribution in [0.15, 0.2) is 18.2 Å². The highest BCUT2D eigenvalue weighted by Gasteiger charge is 2.36. The van der Waals surface area contributed by atoms with Gasteiger partial charge in [0.25, 0.3) is 17.7 Å². The molecule has 3 amide bonds. The van der Waals surface area contributed by atoms with Crippen molar-refractivity contribution in [1.82, 2.24) is 9.80 Å². The minimum Gasteiger partial charge on any atom is -0.381 e. The summed E-state index contributed by atoms with van der Waals surface area (Å²) in [5, 5.41) is 0. The number of carbonyl (C=O) groups is 3. The lowest BCUT2D eigenvalue weighted by Gasteiger charge is -2.34. The fraction of sp³-hybridized carbons (Fsp3) is 0.591. The highest BCUT2D eigenvalue weighted by molar-refractivity contribution is 6.22. The van der Waals surface area contributed by atoms with Crippen molar-refractivity contribution in [3.8, 4) is 0 Å². The van der Waals surface area contributed by atoms with Gasteiger partial charge >= 0.3 is 0 Å². The molecule has 0 bridgehead atoms. The van der Waals surface area contributed by atoms with E-state index < -0.39 is 0 Å². The van der Waals surface area contributed by atoms with Crippen molar-refractivity contribution >= 4 is 17.7 Å². The molecule has 6 nitrogen and oxygen atoms in total. The molecule has 0 spiro atoms. The Kier molecular flexibility index (Phi) is 5.49. The van der Waals surface area contributed by atoms with E-state index in [0.29, 0.717) is 35.1 Å². The number of hydrogen-bond acceptors (Lipinski definition) is 4. The molecule has 0 aromatic heterocycles. The predicted molar refractivity (Wildman–Crippen MR) is 104 cm³/mol. The molecular formula is C22H28N2O4. The van der Waals surface area contributed by atoms with Crippen LogP contribution in [0.4, 0.5) is 0 Å². The monoisotopic (exact) mass is 384 g/mol. The Hall–Kier alpha value is -2.21. The van der Waals surface area contributed by atoms with Gasteiger partial charge in [0.1, 0.15) is 0 Å². The first kappa shape index (κ1) is 19.1. The van der Waals surface area contributed by atoms with Gasteiger partial charge in [0.05, 0.1) is 11.1 Å². The first-order valence-electron chi connectivity index (χ1n) is 10.5. The summed E-state index contributed by atoms with van der Waals surface area (Å²) in [4.78, 5) is 41.2. The number of ether oxygens (including phenoxy) is 1. The molecule has 3 aliphatic heterocycles. The summed E-state index contributed by atoms with van der Waals surface area (Å²) in [5.41, 5.74) is 1.28. The predicted octanol–water partition coefficient (Wildman–Crippen LogP) is 2.97. The highest BCUT2D eigenvalue weighted by Crippen LogP contribution is 2.31. The lowest BCUT2D eigenvalue weighted by molar-refractivity contribution is 0.0643. The number of unbranched alkanes of at least 4 members (excludes halogenated alkanes) is 1. The Morgan fingerprint density at radius 2 is 1.82 bits per heavy atom. The Balaban J connectivity index is 1.43. The fourth-order valence-corrected chi connectivity index (χ4v) is 4.62. The van der Waals surface area contributed by atoms with Crippen LogP contribution in [0.3, 0.4) is 0 Å². The normalized spacial score (nSPS) is 22.8. The zero-order chi connectivity index (χ0) is 19.7. The number of nitrogens with zero attached hydrogens (tertiary/aromatic N) is 2. The molecule has 0 saturated carbocycles. The van der Waals surface area contributed by atoms with E-state index in [2.05, 4.69) is 0 Å². The summed E-state index contributed by atoms with van der Waals surface area (Å²) in [7, 11) is 0. The van der Waals surface area contributed by atoms with Crippen LogP contribution in [0.1, 0.15) is 70.1 Å². The molecule has 0 N–H and O–H groups in total. The van der Waals surface area contributed by atoms with E-state index in [0.717, 1.165) is 58.4 Å². The van der Waals surface area contributed by atoms with E-state index in [4.69, 9.17) is 4.74 Å². The van der Waals surface area contributed by atoms with Crippen molar-refractivity contribution in [2.45, 2.75) is 39.0 Å². The first-order valence-corrected chi connectivity index (χ1v) is 10.5. The zero-order valence-corrected chi connectivity index (χ0v) is 16.5. The smallest absolute Gasteiger partial charge is 0.261 e. The van der Waals surface area contributed by atoms with Crippen LogP contribution in [-0.2, 0) is 4.74 Å². The molecule has 1 aromatic rings. The third kappa shape index (κ3) is 3.46. The van der Waals surface area contributed by atoms with E-state index in [1.165, 1.54) is 4.90 Å². The van der Waals surface area contributed by atoms with Gasteiger partial charge in [-0.3, -0.25) is 19.3 Å². The molecule has 6 heteroatoms. The summed E-state index contributed by atoms with van der Waals surface area (Å²) in [5.74, 6) is 0.708. The molecule has 0 radical (unpaired) electrons. The Labute approximate surface area is 165 Å². The molecule has 1 aromatic carbocycles. The standard InChI is InChI=1S/C22H28N2O4/c1-2-3-9-24-21(26)18-5-4-16(13-19(18)22(24)27)20(25)23-10-6-15(7-11-23)17-8-12-28-14-17/h4-5,13,15,17H,2-3,6-12,14H2,1H3. The number of hydrogen-bond donors (Lipinski definition) is 0. The summed E-state index contributed by atoms with van der Waals surface area (Å²) in [6.07, 6.45) is 4.85. The molecule has 0 aliphatic carbocycles. The van der Waals surface area contributed by atoms with Gasteiger partial charge in [-0.25, -0.2) is 0 Å². The Morgan fingerprint density at radius 3 is 2.50 bits per heavy atom. The number of carbonyl (C=O) groups excluding carboxylic acids is 3. The van der Waals surface area contributed by atoms with Gasteiger partial charge in [0.2, 0.25) is 0 Å². The van der Waals surface area contributed by atoms with E-state index in [9.17, 15) is 14.4 Å². The van der Waals surface area contributed by atoms with Gasteiger partial charge in [0, 0.05) is 38.4 Å². The third-order valence-electron chi connectivity index (χ3n) is 6.41. The molecule has 4 rings (SSSR count). The van der Waals surface area contributed by atoms with Crippen LogP contribution in [0.25, 0.3) is 0 Å². The molecule has 2 saturated heterocycles. The summed E-state index contributed by atoms with van der Waals surface area (Å²) < 4.78 is 5.50. The second-order valence-corrected chi connectivity index (χ2v) is 8.13. The van der Waals surface area contributed by atoms with Crippen molar-refractivity contribution < 1.29 is 19.1 Å². The van der Waals surface area contributed by atoms with Crippen LogP contribution < -0.4 is 0 Å².